The Morgan fingerprint density at radius 3 is 2.52 bits per heavy atom. The minimum absolute atomic E-state index is 0.242. The van der Waals surface area contributed by atoms with Gasteiger partial charge in [0.25, 0.3) is 0 Å². The van der Waals surface area contributed by atoms with Crippen LogP contribution in [0.5, 0.6) is 0 Å². The molecule has 2 aromatic rings. The zero-order chi connectivity index (χ0) is 16.1. The Morgan fingerprint density at radius 1 is 1.09 bits per heavy atom. The smallest absolute Gasteiger partial charge is 0.410 e. The molecule has 0 aromatic heterocycles. The number of carbonyl (C=O) groups is 1. The van der Waals surface area contributed by atoms with Gasteiger partial charge in [0.05, 0.1) is 0 Å². The number of nitrogens with zero attached hydrogens (tertiary/aromatic N) is 1. The van der Waals surface area contributed by atoms with E-state index in [1.54, 1.807) is 4.90 Å². The highest BCUT2D eigenvalue weighted by molar-refractivity contribution is 5.73. The van der Waals surface area contributed by atoms with E-state index in [9.17, 15) is 4.79 Å². The molecule has 0 spiro atoms. The Balaban J connectivity index is 1.58. The molecule has 3 nitrogen and oxygen atoms in total. The quantitative estimate of drug-likeness (QED) is 0.840. The lowest BCUT2D eigenvalue weighted by atomic mass is 9.96. The number of aryl methyl sites for hydroxylation is 1. The van der Waals surface area contributed by atoms with Crippen LogP contribution >= 0.6 is 0 Å². The molecule has 23 heavy (non-hydrogen) atoms. The molecular formula is C20H21NO2. The number of ether oxygens (including phenoxy) is 1. The predicted molar refractivity (Wildman–Crippen MR) is 92.0 cm³/mol. The van der Waals surface area contributed by atoms with Crippen LogP contribution in [0.2, 0.25) is 0 Å². The molecule has 2 aromatic carbocycles. The van der Waals surface area contributed by atoms with E-state index in [0.29, 0.717) is 19.7 Å². The van der Waals surface area contributed by atoms with Crippen molar-refractivity contribution < 1.29 is 9.53 Å². The van der Waals surface area contributed by atoms with Gasteiger partial charge in [-0.25, -0.2) is 4.79 Å². The van der Waals surface area contributed by atoms with Crippen molar-refractivity contribution in [2.75, 3.05) is 13.1 Å². The molecular weight excluding hydrogens is 286 g/mol. The molecule has 0 atom stereocenters. The van der Waals surface area contributed by atoms with Crippen molar-refractivity contribution >= 4 is 11.7 Å². The van der Waals surface area contributed by atoms with Gasteiger partial charge in [0.2, 0.25) is 0 Å². The topological polar surface area (TPSA) is 29.5 Å². The second kappa shape index (κ2) is 7.14. The van der Waals surface area contributed by atoms with Crippen LogP contribution in [0.25, 0.3) is 5.57 Å². The van der Waals surface area contributed by atoms with Crippen molar-refractivity contribution in [3.63, 3.8) is 0 Å². The first-order chi connectivity index (χ1) is 11.2. The summed E-state index contributed by atoms with van der Waals surface area (Å²) in [7, 11) is 0. The number of benzene rings is 2. The largest absolute Gasteiger partial charge is 0.445 e. The van der Waals surface area contributed by atoms with E-state index in [4.69, 9.17) is 4.74 Å². The van der Waals surface area contributed by atoms with Crippen molar-refractivity contribution in [1.29, 1.82) is 0 Å². The van der Waals surface area contributed by atoms with E-state index in [2.05, 4.69) is 37.3 Å². The third-order valence-electron chi connectivity index (χ3n) is 4.16. The van der Waals surface area contributed by atoms with Gasteiger partial charge in [-0.3, -0.25) is 0 Å². The van der Waals surface area contributed by atoms with Crippen molar-refractivity contribution in [1.82, 2.24) is 4.90 Å². The fourth-order valence-corrected chi connectivity index (χ4v) is 2.82. The Labute approximate surface area is 137 Å². The molecule has 0 fully saturated rings. The van der Waals surface area contributed by atoms with Crippen molar-refractivity contribution in [3.8, 4) is 0 Å². The fourth-order valence-electron chi connectivity index (χ4n) is 2.82. The molecule has 1 aliphatic rings. The third kappa shape index (κ3) is 3.81. The molecule has 0 saturated heterocycles. The van der Waals surface area contributed by atoms with E-state index < -0.39 is 0 Å². The fraction of sp³-hybridized carbons (Fsp3) is 0.250. The Kier molecular flexibility index (Phi) is 4.77. The first kappa shape index (κ1) is 15.3. The maximum absolute atomic E-state index is 12.2. The van der Waals surface area contributed by atoms with E-state index in [1.807, 2.05) is 30.3 Å². The standard InChI is InChI=1S/C20H21NO2/c1-16-7-5-6-10-19(16)18-11-13-21(14-12-18)20(22)23-15-17-8-3-2-4-9-17/h2-11H,12-15H2,1H3. The van der Waals surface area contributed by atoms with Gasteiger partial charge in [-0.1, -0.05) is 60.7 Å². The van der Waals surface area contributed by atoms with Gasteiger partial charge in [0.1, 0.15) is 6.61 Å². The van der Waals surface area contributed by atoms with Crippen LogP contribution in [-0.4, -0.2) is 24.1 Å². The van der Waals surface area contributed by atoms with Gasteiger partial charge in [-0.15, -0.1) is 0 Å². The van der Waals surface area contributed by atoms with Crippen LogP contribution in [0.1, 0.15) is 23.1 Å². The average Bonchev–Trinajstić information content (AvgIpc) is 2.61. The lowest BCUT2D eigenvalue weighted by molar-refractivity contribution is 0.0998. The van der Waals surface area contributed by atoms with Gasteiger partial charge in [0, 0.05) is 13.1 Å². The van der Waals surface area contributed by atoms with Gasteiger partial charge < -0.3 is 9.64 Å². The number of carbonyl (C=O) groups excluding carboxylic acids is 1. The molecule has 3 rings (SSSR count). The molecule has 118 valence electrons. The Hall–Kier alpha value is -2.55. The highest BCUT2D eigenvalue weighted by Crippen LogP contribution is 2.25. The molecule has 3 heteroatoms. The summed E-state index contributed by atoms with van der Waals surface area (Å²) in [4.78, 5) is 13.9. The van der Waals surface area contributed by atoms with E-state index in [-0.39, 0.29) is 6.09 Å². The summed E-state index contributed by atoms with van der Waals surface area (Å²) in [6.07, 6.45) is 2.76. The summed E-state index contributed by atoms with van der Waals surface area (Å²) in [5.74, 6) is 0. The molecule has 0 aliphatic carbocycles. The summed E-state index contributed by atoms with van der Waals surface area (Å²) in [6.45, 7) is 3.76. The number of rotatable bonds is 3. The summed E-state index contributed by atoms with van der Waals surface area (Å²) in [5, 5.41) is 0. The van der Waals surface area contributed by atoms with Crippen molar-refractivity contribution in [3.05, 3.63) is 77.4 Å². The predicted octanol–water partition coefficient (Wildman–Crippen LogP) is 4.42. The highest BCUT2D eigenvalue weighted by Gasteiger charge is 2.19. The molecule has 1 heterocycles. The maximum atomic E-state index is 12.2. The first-order valence-corrected chi connectivity index (χ1v) is 7.95. The van der Waals surface area contributed by atoms with Crippen LogP contribution in [0.15, 0.2) is 60.7 Å². The first-order valence-electron chi connectivity index (χ1n) is 7.95. The highest BCUT2D eigenvalue weighted by atomic mass is 16.6. The number of amides is 1. The third-order valence-corrected chi connectivity index (χ3v) is 4.16. The van der Waals surface area contributed by atoms with Gasteiger partial charge in [0.15, 0.2) is 0 Å². The second-order valence-electron chi connectivity index (χ2n) is 5.78. The molecule has 0 radical (unpaired) electrons. The SMILES string of the molecule is Cc1ccccc1C1=CCN(C(=O)OCc2ccccc2)CC1. The molecule has 0 unspecified atom stereocenters. The lowest BCUT2D eigenvalue weighted by Crippen LogP contribution is -2.35. The lowest BCUT2D eigenvalue weighted by Gasteiger charge is -2.26. The van der Waals surface area contributed by atoms with Crippen molar-refractivity contribution in [2.24, 2.45) is 0 Å². The van der Waals surface area contributed by atoms with Crippen LogP contribution in [-0.2, 0) is 11.3 Å². The van der Waals surface area contributed by atoms with Gasteiger partial charge >= 0.3 is 6.09 Å². The summed E-state index contributed by atoms with van der Waals surface area (Å²) >= 11 is 0. The van der Waals surface area contributed by atoms with E-state index in [0.717, 1.165) is 12.0 Å². The summed E-state index contributed by atoms with van der Waals surface area (Å²) in [5.41, 5.74) is 4.88. The van der Waals surface area contributed by atoms with Gasteiger partial charge in [-0.2, -0.15) is 0 Å². The zero-order valence-electron chi connectivity index (χ0n) is 13.4. The van der Waals surface area contributed by atoms with E-state index >= 15 is 0 Å². The number of hydrogen-bond acceptors (Lipinski definition) is 2. The zero-order valence-corrected chi connectivity index (χ0v) is 13.4. The molecule has 1 amide bonds. The minimum Gasteiger partial charge on any atom is -0.445 e. The summed E-state index contributed by atoms with van der Waals surface area (Å²) < 4.78 is 5.39. The van der Waals surface area contributed by atoms with Crippen molar-refractivity contribution in [2.45, 2.75) is 20.0 Å². The van der Waals surface area contributed by atoms with Crippen LogP contribution in [0, 0.1) is 6.92 Å². The Morgan fingerprint density at radius 2 is 1.83 bits per heavy atom. The van der Waals surface area contributed by atoms with Gasteiger partial charge in [-0.05, 0) is 35.6 Å². The second-order valence-corrected chi connectivity index (χ2v) is 5.78. The van der Waals surface area contributed by atoms with E-state index in [1.165, 1.54) is 16.7 Å². The average molecular weight is 307 g/mol. The molecule has 0 bridgehead atoms. The maximum Gasteiger partial charge on any atom is 0.410 e. The minimum atomic E-state index is -0.242. The number of hydrogen-bond donors (Lipinski definition) is 0. The van der Waals surface area contributed by atoms with Crippen LogP contribution < -0.4 is 0 Å². The molecule has 1 aliphatic heterocycles. The monoisotopic (exact) mass is 307 g/mol. The summed E-state index contributed by atoms with van der Waals surface area (Å²) in [6, 6.07) is 18.1. The van der Waals surface area contributed by atoms with Crippen LogP contribution in [0.3, 0.4) is 0 Å². The van der Waals surface area contributed by atoms with Crippen LogP contribution in [0.4, 0.5) is 4.79 Å². The molecule has 0 saturated carbocycles. The normalized spacial score (nSPS) is 14.3. The molecule has 0 N–H and O–H groups in total. The Bertz CT molecular complexity index is 707.